The van der Waals surface area contributed by atoms with Gasteiger partial charge in [0.2, 0.25) is 5.88 Å². The molecule has 3 aromatic rings. The lowest BCUT2D eigenvalue weighted by atomic mass is 10.2. The van der Waals surface area contributed by atoms with Crippen molar-refractivity contribution in [1.29, 1.82) is 0 Å². The van der Waals surface area contributed by atoms with E-state index in [-0.39, 0.29) is 0 Å². The van der Waals surface area contributed by atoms with E-state index in [1.54, 1.807) is 11.8 Å². The van der Waals surface area contributed by atoms with Gasteiger partial charge in [-0.25, -0.2) is 9.67 Å². The summed E-state index contributed by atoms with van der Waals surface area (Å²) in [5.41, 5.74) is 5.10. The van der Waals surface area contributed by atoms with E-state index >= 15 is 0 Å². The number of aromatic amines is 1. The number of anilines is 1. The van der Waals surface area contributed by atoms with Crippen molar-refractivity contribution >= 4 is 16.7 Å². The molecule has 0 fully saturated rings. The Labute approximate surface area is 123 Å². The average Bonchev–Trinajstić information content (AvgIpc) is 2.94. The van der Waals surface area contributed by atoms with Gasteiger partial charge in [-0.15, -0.1) is 0 Å². The summed E-state index contributed by atoms with van der Waals surface area (Å²) in [5, 5.41) is 7.79. The van der Waals surface area contributed by atoms with E-state index in [0.717, 1.165) is 39.7 Å². The number of rotatable bonds is 4. The second-order valence-corrected chi connectivity index (χ2v) is 5.10. The molecule has 0 aliphatic rings. The van der Waals surface area contributed by atoms with Crippen LogP contribution in [0.15, 0.2) is 18.2 Å². The second-order valence-electron chi connectivity index (χ2n) is 5.10. The second kappa shape index (κ2) is 5.12. The minimum absolute atomic E-state index is 0.668. The van der Waals surface area contributed by atoms with Gasteiger partial charge < -0.3 is 15.0 Å². The van der Waals surface area contributed by atoms with Gasteiger partial charge in [-0.1, -0.05) is 0 Å². The monoisotopic (exact) mass is 285 g/mol. The van der Waals surface area contributed by atoms with Gasteiger partial charge >= 0.3 is 0 Å². The highest BCUT2D eigenvalue weighted by Crippen LogP contribution is 2.23. The molecule has 0 bridgehead atoms. The summed E-state index contributed by atoms with van der Waals surface area (Å²) in [4.78, 5) is 7.64. The summed E-state index contributed by atoms with van der Waals surface area (Å²) < 4.78 is 7.16. The first-order valence-electron chi connectivity index (χ1n) is 6.85. The van der Waals surface area contributed by atoms with Gasteiger partial charge in [-0.3, -0.25) is 0 Å². The molecule has 6 heteroatoms. The number of aryl methyl sites for hydroxylation is 3. The molecule has 6 nitrogen and oxygen atoms in total. The third-order valence-corrected chi connectivity index (χ3v) is 3.55. The first-order chi connectivity index (χ1) is 10.1. The van der Waals surface area contributed by atoms with Gasteiger partial charge in [0, 0.05) is 19.3 Å². The molecular formula is C15H19N5O. The Kier molecular flexibility index (Phi) is 3.29. The van der Waals surface area contributed by atoms with Gasteiger partial charge in [-0.2, -0.15) is 5.10 Å². The number of nitrogens with zero attached hydrogens (tertiary/aromatic N) is 3. The third kappa shape index (κ3) is 2.44. The molecule has 1 aromatic carbocycles. The van der Waals surface area contributed by atoms with Crippen molar-refractivity contribution in [2.24, 2.45) is 7.05 Å². The van der Waals surface area contributed by atoms with Crippen molar-refractivity contribution in [3.63, 3.8) is 0 Å². The van der Waals surface area contributed by atoms with Crippen LogP contribution in [0.25, 0.3) is 11.0 Å². The molecule has 0 atom stereocenters. The summed E-state index contributed by atoms with van der Waals surface area (Å²) in [5.74, 6) is 1.71. The minimum Gasteiger partial charge on any atom is -0.481 e. The van der Waals surface area contributed by atoms with Crippen LogP contribution < -0.4 is 10.1 Å². The smallest absolute Gasteiger partial charge is 0.216 e. The first kappa shape index (κ1) is 13.5. The zero-order valence-corrected chi connectivity index (χ0v) is 12.7. The van der Waals surface area contributed by atoms with Crippen molar-refractivity contribution in [3.05, 3.63) is 35.3 Å². The van der Waals surface area contributed by atoms with Gasteiger partial charge in [0.05, 0.1) is 29.4 Å². The van der Waals surface area contributed by atoms with E-state index in [2.05, 4.69) is 26.4 Å². The van der Waals surface area contributed by atoms with Crippen LogP contribution in [0.5, 0.6) is 5.88 Å². The fourth-order valence-electron chi connectivity index (χ4n) is 2.58. The van der Waals surface area contributed by atoms with Crippen LogP contribution in [0, 0.1) is 13.8 Å². The van der Waals surface area contributed by atoms with Gasteiger partial charge in [-0.05, 0) is 32.0 Å². The van der Waals surface area contributed by atoms with E-state index in [1.165, 1.54) is 0 Å². The maximum Gasteiger partial charge on any atom is 0.216 e. The molecule has 0 amide bonds. The van der Waals surface area contributed by atoms with Gasteiger partial charge in [0.25, 0.3) is 0 Å². The highest BCUT2D eigenvalue weighted by Gasteiger charge is 2.13. The number of benzene rings is 1. The molecular weight excluding hydrogens is 266 g/mol. The summed E-state index contributed by atoms with van der Waals surface area (Å²) in [6.07, 6.45) is 0. The van der Waals surface area contributed by atoms with Crippen LogP contribution in [0.4, 0.5) is 5.69 Å². The lowest BCUT2D eigenvalue weighted by Crippen LogP contribution is -2.02. The first-order valence-corrected chi connectivity index (χ1v) is 6.85. The quantitative estimate of drug-likeness (QED) is 0.773. The Hall–Kier alpha value is -2.50. The Balaban J connectivity index is 1.83. The number of imidazole rings is 1. The van der Waals surface area contributed by atoms with Crippen molar-refractivity contribution in [3.8, 4) is 5.88 Å². The molecule has 0 unspecified atom stereocenters. The summed E-state index contributed by atoms with van der Waals surface area (Å²) in [6.45, 7) is 4.61. The number of nitrogens with one attached hydrogen (secondary N) is 2. The molecule has 0 aliphatic heterocycles. The van der Waals surface area contributed by atoms with E-state index in [0.29, 0.717) is 6.54 Å². The van der Waals surface area contributed by atoms with Crippen LogP contribution in [-0.4, -0.2) is 26.9 Å². The molecule has 0 spiro atoms. The van der Waals surface area contributed by atoms with Crippen molar-refractivity contribution in [1.82, 2.24) is 19.7 Å². The predicted molar refractivity (Wildman–Crippen MR) is 82.7 cm³/mol. The standard InChI is InChI=1S/C15H19N5O/c1-9-12(15(21-4)20(3)19-9)8-16-11-5-6-13-14(7-11)18-10(2)17-13/h5-7,16H,8H2,1-4H3,(H,17,18). The van der Waals surface area contributed by atoms with E-state index < -0.39 is 0 Å². The molecule has 110 valence electrons. The van der Waals surface area contributed by atoms with Gasteiger partial charge in [0.1, 0.15) is 5.82 Å². The van der Waals surface area contributed by atoms with Crippen molar-refractivity contribution < 1.29 is 4.74 Å². The topological polar surface area (TPSA) is 67.8 Å². The molecule has 0 saturated heterocycles. The number of hydrogen-bond donors (Lipinski definition) is 2. The maximum atomic E-state index is 5.40. The molecule has 21 heavy (non-hydrogen) atoms. The lowest BCUT2D eigenvalue weighted by molar-refractivity contribution is 0.370. The molecule has 0 saturated carbocycles. The Morgan fingerprint density at radius 1 is 1.33 bits per heavy atom. The molecule has 0 radical (unpaired) electrons. The summed E-state index contributed by atoms with van der Waals surface area (Å²) in [7, 11) is 3.55. The minimum atomic E-state index is 0.668. The molecule has 0 aliphatic carbocycles. The van der Waals surface area contributed by atoms with Crippen LogP contribution in [0.2, 0.25) is 0 Å². The number of ether oxygens (including phenoxy) is 1. The van der Waals surface area contributed by atoms with Crippen molar-refractivity contribution in [2.45, 2.75) is 20.4 Å². The fourth-order valence-corrected chi connectivity index (χ4v) is 2.58. The zero-order chi connectivity index (χ0) is 15.0. The molecule has 2 heterocycles. The van der Waals surface area contributed by atoms with Crippen LogP contribution in [0.1, 0.15) is 17.1 Å². The number of aromatic nitrogens is 4. The molecule has 2 aromatic heterocycles. The van der Waals surface area contributed by atoms with Gasteiger partial charge in [0.15, 0.2) is 0 Å². The normalized spacial score (nSPS) is 11.0. The van der Waals surface area contributed by atoms with E-state index in [1.807, 2.05) is 33.0 Å². The SMILES string of the molecule is COc1c(CNc2ccc3nc(C)[nH]c3c2)c(C)nn1C. The van der Waals surface area contributed by atoms with Crippen molar-refractivity contribution in [2.75, 3.05) is 12.4 Å². The zero-order valence-electron chi connectivity index (χ0n) is 12.7. The highest BCUT2D eigenvalue weighted by atomic mass is 16.5. The number of methoxy groups -OCH3 is 1. The highest BCUT2D eigenvalue weighted by molar-refractivity contribution is 5.79. The van der Waals surface area contributed by atoms with Crippen LogP contribution >= 0.6 is 0 Å². The van der Waals surface area contributed by atoms with Crippen LogP contribution in [0.3, 0.4) is 0 Å². The predicted octanol–water partition coefficient (Wildman–Crippen LogP) is 2.53. The maximum absolute atomic E-state index is 5.40. The Morgan fingerprint density at radius 2 is 2.14 bits per heavy atom. The van der Waals surface area contributed by atoms with E-state index in [4.69, 9.17) is 4.74 Å². The Morgan fingerprint density at radius 3 is 2.90 bits per heavy atom. The number of fused-ring (bicyclic) bond motifs is 1. The van der Waals surface area contributed by atoms with E-state index in [9.17, 15) is 0 Å². The summed E-state index contributed by atoms with van der Waals surface area (Å²) >= 11 is 0. The van der Waals surface area contributed by atoms with Crippen LogP contribution in [-0.2, 0) is 13.6 Å². The molecule has 2 N–H and O–H groups in total. The number of hydrogen-bond acceptors (Lipinski definition) is 4. The summed E-state index contributed by atoms with van der Waals surface area (Å²) in [6, 6.07) is 6.10. The Bertz CT molecular complexity index is 787. The lowest BCUT2D eigenvalue weighted by Gasteiger charge is -2.08. The fraction of sp³-hybridized carbons (Fsp3) is 0.333. The number of H-pyrrole nitrogens is 1. The average molecular weight is 285 g/mol. The molecule has 3 rings (SSSR count). The largest absolute Gasteiger partial charge is 0.481 e. The third-order valence-electron chi connectivity index (χ3n) is 3.55.